The van der Waals surface area contributed by atoms with Crippen LogP contribution in [0.25, 0.3) is 5.57 Å². The van der Waals surface area contributed by atoms with Crippen LogP contribution >= 0.6 is 0 Å². The van der Waals surface area contributed by atoms with Crippen molar-refractivity contribution in [1.29, 1.82) is 0 Å². The molecule has 1 aliphatic rings. The number of hydrogen-bond donors (Lipinski definition) is 2. The van der Waals surface area contributed by atoms with E-state index < -0.39 is 11.6 Å². The molecule has 1 saturated carbocycles. The van der Waals surface area contributed by atoms with Gasteiger partial charge in [0.2, 0.25) is 0 Å². The fourth-order valence-electron chi connectivity index (χ4n) is 5.05. The van der Waals surface area contributed by atoms with E-state index in [0.29, 0.717) is 5.75 Å². The Bertz CT molecular complexity index is 959. The van der Waals surface area contributed by atoms with Crippen molar-refractivity contribution in [3.63, 3.8) is 0 Å². The first-order valence-electron chi connectivity index (χ1n) is 10.8. The van der Waals surface area contributed by atoms with Crippen LogP contribution in [0.3, 0.4) is 0 Å². The average molecular weight is 423 g/mol. The van der Waals surface area contributed by atoms with Crippen LogP contribution in [0.4, 0.5) is 0 Å². The van der Waals surface area contributed by atoms with Crippen molar-refractivity contribution in [2.75, 3.05) is 0 Å². The molecule has 4 heteroatoms. The largest absolute Gasteiger partial charge is 0.508 e. The number of hydrogen-bond acceptors (Lipinski definition) is 3. The Labute approximate surface area is 185 Å². The lowest BCUT2D eigenvalue weighted by Gasteiger charge is -2.43. The highest BCUT2D eigenvalue weighted by Crippen LogP contribution is 2.51. The number of ether oxygens (including phenoxy) is 1. The molecule has 0 aliphatic heterocycles. The fraction of sp³-hybridized carbons (Fsp3) is 0.444. The summed E-state index contributed by atoms with van der Waals surface area (Å²) in [6, 6.07) is 15.0. The molecule has 1 aliphatic carbocycles. The van der Waals surface area contributed by atoms with Crippen molar-refractivity contribution < 1.29 is 19.7 Å². The second-order valence-electron chi connectivity index (χ2n) is 10.8. The predicted octanol–water partition coefficient (Wildman–Crippen LogP) is 6.67. The van der Waals surface area contributed by atoms with E-state index >= 15 is 0 Å². The number of aliphatic carboxylic acids is 1. The molecule has 0 radical (unpaired) electrons. The fourth-order valence-corrected chi connectivity index (χ4v) is 5.05. The van der Waals surface area contributed by atoms with Gasteiger partial charge in [0.1, 0.15) is 11.5 Å². The molecule has 31 heavy (non-hydrogen) atoms. The monoisotopic (exact) mass is 422 g/mol. The molecule has 0 spiro atoms. The Hall–Kier alpha value is -2.75. The summed E-state index contributed by atoms with van der Waals surface area (Å²) in [5, 5.41) is 19.1. The summed E-state index contributed by atoms with van der Waals surface area (Å²) in [4.78, 5) is 11.4. The summed E-state index contributed by atoms with van der Waals surface area (Å²) in [6.07, 6.45) is 3.19. The zero-order valence-corrected chi connectivity index (χ0v) is 19.5. The van der Waals surface area contributed by atoms with E-state index in [4.69, 9.17) is 4.74 Å². The van der Waals surface area contributed by atoms with E-state index in [1.165, 1.54) is 17.6 Å². The number of aromatic hydroxyl groups is 1. The van der Waals surface area contributed by atoms with Gasteiger partial charge in [-0.05, 0) is 84.9 Å². The maximum Gasteiger partial charge on any atom is 0.347 e. The molecule has 0 heterocycles. The molecule has 0 unspecified atom stereocenters. The van der Waals surface area contributed by atoms with Crippen molar-refractivity contribution in [1.82, 2.24) is 0 Å². The first-order chi connectivity index (χ1) is 14.3. The van der Waals surface area contributed by atoms with Crippen LogP contribution in [0.1, 0.15) is 71.9 Å². The number of rotatable bonds is 5. The first-order valence-corrected chi connectivity index (χ1v) is 10.8. The van der Waals surface area contributed by atoms with Gasteiger partial charge in [0.05, 0.1) is 0 Å². The Balaban J connectivity index is 2.08. The number of phenols is 1. The molecular formula is C27H34O4. The van der Waals surface area contributed by atoms with Crippen LogP contribution in [-0.4, -0.2) is 21.8 Å². The van der Waals surface area contributed by atoms with E-state index in [-0.39, 0.29) is 16.6 Å². The Morgan fingerprint density at radius 2 is 1.32 bits per heavy atom. The van der Waals surface area contributed by atoms with Crippen molar-refractivity contribution in [2.24, 2.45) is 10.8 Å². The average Bonchev–Trinajstić information content (AvgIpc) is 2.62. The summed E-state index contributed by atoms with van der Waals surface area (Å²) < 4.78 is 5.68. The van der Waals surface area contributed by atoms with Crippen LogP contribution in [0.2, 0.25) is 0 Å². The van der Waals surface area contributed by atoms with E-state index in [1.54, 1.807) is 26.0 Å². The zero-order valence-electron chi connectivity index (χ0n) is 19.5. The van der Waals surface area contributed by atoms with Crippen LogP contribution in [0.5, 0.6) is 11.5 Å². The Morgan fingerprint density at radius 1 is 0.871 bits per heavy atom. The third-order valence-corrected chi connectivity index (χ3v) is 5.88. The van der Waals surface area contributed by atoms with Gasteiger partial charge in [-0.1, -0.05) is 57.5 Å². The molecule has 2 N–H and O–H groups in total. The first kappa shape index (κ1) is 22.9. The third-order valence-electron chi connectivity index (χ3n) is 5.88. The number of carboxylic acids is 1. The van der Waals surface area contributed by atoms with Crippen molar-refractivity contribution in [2.45, 2.75) is 66.4 Å². The summed E-state index contributed by atoms with van der Waals surface area (Å²) in [7, 11) is 0. The number of allylic oxidation sites excluding steroid dienone is 1. The molecular weight excluding hydrogens is 388 g/mol. The van der Waals surface area contributed by atoms with Crippen LogP contribution in [0.15, 0.2) is 54.1 Å². The van der Waals surface area contributed by atoms with Crippen LogP contribution in [-0.2, 0) is 4.79 Å². The molecule has 0 bridgehead atoms. The second-order valence-corrected chi connectivity index (χ2v) is 10.8. The summed E-state index contributed by atoms with van der Waals surface area (Å²) in [5.74, 6) is -0.234. The maximum absolute atomic E-state index is 11.4. The lowest BCUT2D eigenvalue weighted by molar-refractivity contribution is -0.152. The van der Waals surface area contributed by atoms with Gasteiger partial charge < -0.3 is 14.9 Å². The highest BCUT2D eigenvalue weighted by molar-refractivity contribution is 5.83. The number of phenolic OH excluding ortho intramolecular Hbond substituents is 1. The standard InChI is InChI=1S/C27H34O4/c1-25(2)15-20(16-26(3,4)17-25)23(18-7-11-21(28)12-8-18)19-9-13-22(14-10-19)31-27(5,6)24(29)30/h7-14,28H,15-17H2,1-6H3,(H,29,30). The molecule has 4 nitrogen and oxygen atoms in total. The quantitative estimate of drug-likeness (QED) is 0.564. The van der Waals surface area contributed by atoms with Gasteiger partial charge in [-0.3, -0.25) is 0 Å². The molecule has 1 fully saturated rings. The minimum Gasteiger partial charge on any atom is -0.508 e. The van der Waals surface area contributed by atoms with Gasteiger partial charge in [-0.15, -0.1) is 0 Å². The van der Waals surface area contributed by atoms with Gasteiger partial charge in [0.15, 0.2) is 5.60 Å². The Kier molecular flexibility index (Phi) is 5.96. The zero-order chi connectivity index (χ0) is 23.0. The summed E-state index contributed by atoms with van der Waals surface area (Å²) >= 11 is 0. The van der Waals surface area contributed by atoms with Gasteiger partial charge in [-0.2, -0.15) is 0 Å². The number of carboxylic acid groups (broad SMARTS) is 1. The van der Waals surface area contributed by atoms with Crippen molar-refractivity contribution in [3.8, 4) is 11.5 Å². The van der Waals surface area contributed by atoms with Gasteiger partial charge in [0, 0.05) is 0 Å². The third kappa shape index (κ3) is 5.49. The molecule has 0 aromatic heterocycles. The number of benzene rings is 2. The molecule has 2 aromatic carbocycles. The smallest absolute Gasteiger partial charge is 0.347 e. The number of carbonyl (C=O) groups is 1. The highest BCUT2D eigenvalue weighted by Gasteiger charge is 2.37. The normalized spacial score (nSPS) is 17.8. The molecule has 0 atom stereocenters. The van der Waals surface area contributed by atoms with Crippen LogP contribution < -0.4 is 4.74 Å². The second kappa shape index (κ2) is 8.07. The lowest BCUT2D eigenvalue weighted by Crippen LogP contribution is -2.37. The topological polar surface area (TPSA) is 66.8 Å². The molecule has 0 amide bonds. The summed E-state index contributed by atoms with van der Waals surface area (Å²) in [6.45, 7) is 12.4. The minimum atomic E-state index is -1.29. The molecule has 166 valence electrons. The van der Waals surface area contributed by atoms with E-state index in [1.807, 2.05) is 36.4 Å². The highest BCUT2D eigenvalue weighted by atomic mass is 16.5. The lowest BCUT2D eigenvalue weighted by atomic mass is 9.62. The Morgan fingerprint density at radius 3 is 1.77 bits per heavy atom. The van der Waals surface area contributed by atoms with E-state index in [2.05, 4.69) is 27.7 Å². The van der Waals surface area contributed by atoms with Crippen molar-refractivity contribution >= 4 is 11.5 Å². The minimum absolute atomic E-state index is 0.202. The van der Waals surface area contributed by atoms with E-state index in [9.17, 15) is 15.0 Å². The molecule has 3 rings (SSSR count). The molecule has 0 saturated heterocycles. The van der Waals surface area contributed by atoms with Crippen LogP contribution in [0, 0.1) is 10.8 Å². The van der Waals surface area contributed by atoms with Crippen molar-refractivity contribution in [3.05, 3.63) is 65.2 Å². The molecule has 2 aromatic rings. The van der Waals surface area contributed by atoms with Gasteiger partial charge in [-0.25, -0.2) is 4.79 Å². The predicted molar refractivity (Wildman–Crippen MR) is 124 cm³/mol. The summed E-state index contributed by atoms with van der Waals surface area (Å²) in [5.41, 5.74) is 3.84. The van der Waals surface area contributed by atoms with E-state index in [0.717, 1.165) is 24.0 Å². The SMILES string of the molecule is CC1(C)CC(=C(c2ccc(O)cc2)c2ccc(OC(C)(C)C(=O)O)cc2)CC(C)(C)C1. The maximum atomic E-state index is 11.4. The van der Waals surface area contributed by atoms with Gasteiger partial charge in [0.25, 0.3) is 0 Å². The van der Waals surface area contributed by atoms with Gasteiger partial charge >= 0.3 is 5.97 Å².